The molecule has 5 nitrogen and oxygen atoms in total. The van der Waals surface area contributed by atoms with Gasteiger partial charge in [-0.3, -0.25) is 9.69 Å². The highest BCUT2D eigenvalue weighted by molar-refractivity contribution is 5.78. The van der Waals surface area contributed by atoms with E-state index in [2.05, 4.69) is 4.74 Å². The van der Waals surface area contributed by atoms with E-state index in [1.165, 1.54) is 18.2 Å². The van der Waals surface area contributed by atoms with Crippen LogP contribution in [-0.4, -0.2) is 60.0 Å². The Morgan fingerprint density at radius 1 is 1.42 bits per heavy atom. The number of likely N-dealkylation sites (tertiary alicyclic amines) is 1. The molecule has 1 amide bonds. The van der Waals surface area contributed by atoms with Crippen LogP contribution >= 0.6 is 0 Å². The smallest absolute Gasteiger partial charge is 0.406 e. The number of aliphatic hydroxyl groups excluding tert-OH is 1. The lowest BCUT2D eigenvalue weighted by Gasteiger charge is -2.24. The van der Waals surface area contributed by atoms with Crippen molar-refractivity contribution in [2.24, 2.45) is 0 Å². The number of alkyl halides is 3. The van der Waals surface area contributed by atoms with E-state index < -0.39 is 12.5 Å². The molecule has 0 bridgehead atoms. The highest BCUT2D eigenvalue weighted by Gasteiger charge is 2.31. The lowest BCUT2D eigenvalue weighted by Crippen LogP contribution is -2.39. The van der Waals surface area contributed by atoms with Gasteiger partial charge in [-0.1, -0.05) is 12.1 Å². The molecule has 0 spiro atoms. The minimum atomic E-state index is -4.72. The first-order valence-electron chi connectivity index (χ1n) is 7.72. The van der Waals surface area contributed by atoms with Crippen molar-refractivity contribution in [1.29, 1.82) is 0 Å². The van der Waals surface area contributed by atoms with Crippen LogP contribution in [0, 0.1) is 0 Å². The molecule has 1 aliphatic heterocycles. The normalized spacial score (nSPS) is 16.8. The summed E-state index contributed by atoms with van der Waals surface area (Å²) in [6.45, 7) is 1.62. The molecule has 8 heteroatoms. The average Bonchev–Trinajstić information content (AvgIpc) is 2.82. The zero-order valence-corrected chi connectivity index (χ0v) is 13.4. The number of rotatable bonds is 7. The largest absolute Gasteiger partial charge is 0.573 e. The van der Waals surface area contributed by atoms with Gasteiger partial charge in [-0.25, -0.2) is 0 Å². The Bertz CT molecular complexity index is 566. The number of amides is 1. The third kappa shape index (κ3) is 6.01. The minimum Gasteiger partial charge on any atom is -0.406 e. The Morgan fingerprint density at radius 3 is 2.79 bits per heavy atom. The van der Waals surface area contributed by atoms with Crippen LogP contribution in [0.3, 0.4) is 0 Å². The van der Waals surface area contributed by atoms with Gasteiger partial charge in [-0.15, -0.1) is 13.2 Å². The number of benzene rings is 1. The summed E-state index contributed by atoms with van der Waals surface area (Å²) in [6, 6.07) is 5.74. The summed E-state index contributed by atoms with van der Waals surface area (Å²) in [4.78, 5) is 15.0. The van der Waals surface area contributed by atoms with Crippen molar-refractivity contribution in [3.8, 4) is 5.75 Å². The lowest BCUT2D eigenvalue weighted by atomic mass is 10.2. The molecule has 1 saturated heterocycles. The van der Waals surface area contributed by atoms with Crippen molar-refractivity contribution in [3.63, 3.8) is 0 Å². The van der Waals surface area contributed by atoms with E-state index in [0.717, 1.165) is 6.42 Å². The maximum atomic E-state index is 12.2. The number of carbonyl (C=O) groups excluding carboxylic acids is 1. The summed E-state index contributed by atoms with van der Waals surface area (Å²) in [5.41, 5.74) is 0.642. The number of nitrogens with zero attached hydrogens (tertiary/aromatic N) is 2. The van der Waals surface area contributed by atoms with Gasteiger partial charge in [0.05, 0.1) is 6.10 Å². The van der Waals surface area contributed by atoms with E-state index in [9.17, 15) is 23.1 Å². The predicted octanol–water partition coefficient (Wildman–Crippen LogP) is 2.00. The SMILES string of the molecule is CN(Cc1cccc(OC(F)(F)F)c1)CC(O)CN1CCCC1=O. The van der Waals surface area contributed by atoms with Gasteiger partial charge in [0.25, 0.3) is 0 Å². The molecular formula is C16H21F3N2O3. The Hall–Kier alpha value is -1.80. The van der Waals surface area contributed by atoms with Gasteiger partial charge in [-0.05, 0) is 31.2 Å². The monoisotopic (exact) mass is 346 g/mol. The minimum absolute atomic E-state index is 0.0497. The zero-order valence-electron chi connectivity index (χ0n) is 13.4. The second-order valence-electron chi connectivity index (χ2n) is 5.99. The van der Waals surface area contributed by atoms with Gasteiger partial charge >= 0.3 is 6.36 Å². The molecule has 0 aromatic heterocycles. The maximum absolute atomic E-state index is 12.2. The molecule has 1 aromatic carbocycles. The van der Waals surface area contributed by atoms with Gasteiger partial charge in [0.15, 0.2) is 0 Å². The third-order valence-electron chi connectivity index (χ3n) is 3.71. The fourth-order valence-electron chi connectivity index (χ4n) is 2.79. The van der Waals surface area contributed by atoms with Crippen molar-refractivity contribution in [1.82, 2.24) is 9.80 Å². The van der Waals surface area contributed by atoms with Gasteiger partial charge in [0.2, 0.25) is 5.91 Å². The standard InChI is InChI=1S/C16H21F3N2O3/c1-20(10-13(22)11-21-7-3-6-15(21)23)9-12-4-2-5-14(8-12)24-16(17,18)19/h2,4-5,8,13,22H,3,6-7,9-11H2,1H3. The third-order valence-corrected chi connectivity index (χ3v) is 3.71. The first-order chi connectivity index (χ1) is 11.2. The van der Waals surface area contributed by atoms with Crippen molar-refractivity contribution in [2.75, 3.05) is 26.7 Å². The maximum Gasteiger partial charge on any atom is 0.573 e. The number of hydrogen-bond acceptors (Lipinski definition) is 4. The summed E-state index contributed by atoms with van der Waals surface area (Å²) < 4.78 is 40.6. The first kappa shape index (κ1) is 18.5. The molecule has 1 heterocycles. The van der Waals surface area contributed by atoms with E-state index in [-0.39, 0.29) is 18.2 Å². The number of halogens is 3. The average molecular weight is 346 g/mol. The molecular weight excluding hydrogens is 325 g/mol. The van der Waals surface area contributed by atoms with Crippen LogP contribution in [0.5, 0.6) is 5.75 Å². The van der Waals surface area contributed by atoms with Gasteiger partial charge in [0, 0.05) is 32.6 Å². The molecule has 2 rings (SSSR count). The number of carbonyl (C=O) groups is 1. The van der Waals surface area contributed by atoms with E-state index >= 15 is 0 Å². The molecule has 0 aliphatic carbocycles. The van der Waals surface area contributed by atoms with Gasteiger partial charge in [0.1, 0.15) is 5.75 Å². The van der Waals surface area contributed by atoms with Crippen molar-refractivity contribution >= 4 is 5.91 Å². The van der Waals surface area contributed by atoms with Crippen molar-refractivity contribution in [2.45, 2.75) is 31.9 Å². The highest BCUT2D eigenvalue weighted by atomic mass is 19.4. The van der Waals surface area contributed by atoms with Crippen molar-refractivity contribution < 1.29 is 27.8 Å². The van der Waals surface area contributed by atoms with Crippen LogP contribution < -0.4 is 4.74 Å². The van der Waals surface area contributed by atoms with Gasteiger partial charge < -0.3 is 14.7 Å². The Labute approximate surface area is 138 Å². The molecule has 1 aliphatic rings. The molecule has 134 valence electrons. The number of likely N-dealkylation sites (N-methyl/N-ethyl adjacent to an activating group) is 1. The van der Waals surface area contributed by atoms with Gasteiger partial charge in [-0.2, -0.15) is 0 Å². The number of β-amino-alcohol motifs (C(OH)–C–C–N with tert-alkyl or cyclic N) is 1. The fourth-order valence-corrected chi connectivity index (χ4v) is 2.79. The Morgan fingerprint density at radius 2 is 2.17 bits per heavy atom. The summed E-state index contributed by atoms with van der Waals surface area (Å²) >= 11 is 0. The van der Waals surface area contributed by atoms with Crippen LogP contribution in [0.2, 0.25) is 0 Å². The van der Waals surface area contributed by atoms with E-state index in [4.69, 9.17) is 0 Å². The molecule has 0 radical (unpaired) electrons. The first-order valence-corrected chi connectivity index (χ1v) is 7.72. The van der Waals surface area contributed by atoms with E-state index in [1.54, 1.807) is 22.9 Å². The molecule has 1 fully saturated rings. The van der Waals surface area contributed by atoms with Crippen molar-refractivity contribution in [3.05, 3.63) is 29.8 Å². The summed E-state index contributed by atoms with van der Waals surface area (Å²) in [5, 5.41) is 10.1. The van der Waals surface area contributed by atoms with Crippen LogP contribution in [0.1, 0.15) is 18.4 Å². The highest BCUT2D eigenvalue weighted by Crippen LogP contribution is 2.23. The fraction of sp³-hybridized carbons (Fsp3) is 0.562. The molecule has 24 heavy (non-hydrogen) atoms. The quantitative estimate of drug-likeness (QED) is 0.821. The van der Waals surface area contributed by atoms with Crippen LogP contribution in [-0.2, 0) is 11.3 Å². The van der Waals surface area contributed by atoms with Crippen LogP contribution in [0.15, 0.2) is 24.3 Å². The number of ether oxygens (including phenoxy) is 1. The molecule has 1 atom stereocenters. The topological polar surface area (TPSA) is 53.0 Å². The summed E-state index contributed by atoms with van der Waals surface area (Å²) in [7, 11) is 1.76. The predicted molar refractivity (Wildman–Crippen MR) is 81.3 cm³/mol. The number of aliphatic hydroxyl groups is 1. The molecule has 1 N–H and O–H groups in total. The van der Waals surface area contributed by atoms with E-state index in [0.29, 0.717) is 31.6 Å². The summed E-state index contributed by atoms with van der Waals surface area (Å²) in [6.07, 6.45) is -4.09. The zero-order chi connectivity index (χ0) is 17.7. The molecule has 1 aromatic rings. The Balaban J connectivity index is 1.84. The lowest BCUT2D eigenvalue weighted by molar-refractivity contribution is -0.274. The second-order valence-corrected chi connectivity index (χ2v) is 5.99. The molecule has 1 unspecified atom stereocenters. The van der Waals surface area contributed by atoms with E-state index in [1.807, 2.05) is 0 Å². The second kappa shape index (κ2) is 7.85. The summed E-state index contributed by atoms with van der Waals surface area (Å²) in [5.74, 6) is -0.217. The van der Waals surface area contributed by atoms with Crippen LogP contribution in [0.4, 0.5) is 13.2 Å². The van der Waals surface area contributed by atoms with Crippen LogP contribution in [0.25, 0.3) is 0 Å². The Kier molecular flexibility index (Phi) is 6.06. The molecule has 0 saturated carbocycles. The number of hydrogen-bond donors (Lipinski definition) is 1.